The summed E-state index contributed by atoms with van der Waals surface area (Å²) in [4.78, 5) is 13.3. The Labute approximate surface area is 157 Å². The molecule has 1 unspecified atom stereocenters. The van der Waals surface area contributed by atoms with E-state index in [1.807, 2.05) is 0 Å². The van der Waals surface area contributed by atoms with Gasteiger partial charge in [0.15, 0.2) is 9.84 Å². The third kappa shape index (κ3) is 5.07. The number of nitrogens with one attached hydrogen (secondary N) is 1. The van der Waals surface area contributed by atoms with Gasteiger partial charge in [-0.1, -0.05) is 29.3 Å². The number of hydrogen-bond acceptors (Lipinski definition) is 5. The highest BCUT2D eigenvalue weighted by molar-refractivity contribution is 7.91. The van der Waals surface area contributed by atoms with E-state index >= 15 is 0 Å². The zero-order chi connectivity index (χ0) is 18.8. The molecule has 1 heterocycles. The Morgan fingerprint density at radius 1 is 1.24 bits per heavy atom. The van der Waals surface area contributed by atoms with Gasteiger partial charge in [-0.3, -0.25) is 4.79 Å². The minimum absolute atomic E-state index is 0.0122. The summed E-state index contributed by atoms with van der Waals surface area (Å²) in [6, 6.07) is 4.34. The number of hydrogen-bond donors (Lipinski definition) is 1. The summed E-state index contributed by atoms with van der Waals surface area (Å²) in [5.74, 6) is -0.306. The molecule has 11 heteroatoms. The Bertz CT molecular complexity index is 851. The molecule has 1 aromatic carbocycles. The quantitative estimate of drug-likeness (QED) is 0.735. The molecule has 2 rings (SSSR count). The zero-order valence-corrected chi connectivity index (χ0v) is 16.6. The van der Waals surface area contributed by atoms with Gasteiger partial charge in [0.05, 0.1) is 15.3 Å². The topological polar surface area (TPSA) is 101 Å². The van der Waals surface area contributed by atoms with Crippen LogP contribution in [0.15, 0.2) is 23.1 Å². The zero-order valence-electron chi connectivity index (χ0n) is 13.4. The van der Waals surface area contributed by atoms with Gasteiger partial charge in [-0.25, -0.2) is 21.6 Å². The molecule has 1 atom stereocenters. The van der Waals surface area contributed by atoms with Crippen molar-refractivity contribution in [3.63, 3.8) is 0 Å². The van der Waals surface area contributed by atoms with E-state index in [1.54, 1.807) is 0 Å². The van der Waals surface area contributed by atoms with Gasteiger partial charge in [0.25, 0.3) is 0 Å². The Morgan fingerprint density at radius 3 is 2.36 bits per heavy atom. The molecule has 0 radical (unpaired) electrons. The summed E-state index contributed by atoms with van der Waals surface area (Å²) >= 11 is 11.8. The SMILES string of the molecule is CS(=O)(=O)C1CCN(C(=O)CCNS(=O)(=O)c2c(Cl)cccc2Cl)C1. The summed E-state index contributed by atoms with van der Waals surface area (Å²) in [5, 5.41) is -0.584. The van der Waals surface area contributed by atoms with Gasteiger partial charge >= 0.3 is 0 Å². The Hall–Kier alpha value is -0.870. The number of sulfone groups is 1. The van der Waals surface area contributed by atoms with Crippen molar-refractivity contribution in [2.24, 2.45) is 0 Å². The van der Waals surface area contributed by atoms with Crippen LogP contribution in [0.2, 0.25) is 10.0 Å². The monoisotopic (exact) mass is 428 g/mol. The smallest absolute Gasteiger partial charge is 0.243 e. The molecule has 1 fully saturated rings. The van der Waals surface area contributed by atoms with Crippen LogP contribution in [-0.2, 0) is 24.7 Å². The molecule has 140 valence electrons. The molecular formula is C14H18Cl2N2O5S2. The molecule has 0 aliphatic carbocycles. The average molecular weight is 429 g/mol. The van der Waals surface area contributed by atoms with Crippen molar-refractivity contribution >= 4 is 49.0 Å². The highest BCUT2D eigenvalue weighted by Gasteiger charge is 2.32. The highest BCUT2D eigenvalue weighted by atomic mass is 35.5. The maximum Gasteiger partial charge on any atom is 0.243 e. The Morgan fingerprint density at radius 2 is 1.84 bits per heavy atom. The second kappa shape index (κ2) is 7.79. The van der Waals surface area contributed by atoms with Crippen molar-refractivity contribution in [1.29, 1.82) is 0 Å². The molecule has 0 bridgehead atoms. The molecular weight excluding hydrogens is 411 g/mol. The highest BCUT2D eigenvalue weighted by Crippen LogP contribution is 2.28. The molecule has 1 aliphatic rings. The van der Waals surface area contributed by atoms with Gasteiger partial charge < -0.3 is 4.90 Å². The summed E-state index contributed by atoms with van der Waals surface area (Å²) in [5.41, 5.74) is 0. The fourth-order valence-electron chi connectivity index (χ4n) is 2.57. The van der Waals surface area contributed by atoms with Crippen molar-refractivity contribution < 1.29 is 21.6 Å². The van der Waals surface area contributed by atoms with Crippen molar-refractivity contribution in [2.75, 3.05) is 25.9 Å². The van der Waals surface area contributed by atoms with Gasteiger partial charge in [0.1, 0.15) is 4.90 Å². The molecule has 0 spiro atoms. The molecule has 1 N–H and O–H groups in total. The van der Waals surface area contributed by atoms with E-state index < -0.39 is 25.1 Å². The maximum absolute atomic E-state index is 12.3. The van der Waals surface area contributed by atoms with E-state index in [0.717, 1.165) is 6.26 Å². The average Bonchev–Trinajstić information content (AvgIpc) is 2.96. The molecule has 7 nitrogen and oxygen atoms in total. The van der Waals surface area contributed by atoms with Crippen molar-refractivity contribution in [3.8, 4) is 0 Å². The number of sulfonamides is 1. The first-order valence-corrected chi connectivity index (χ1v) is 11.6. The molecule has 0 saturated carbocycles. The number of carbonyl (C=O) groups excluding carboxylic acids is 1. The Balaban J connectivity index is 1.93. The predicted molar refractivity (Wildman–Crippen MR) is 96.1 cm³/mol. The Kier molecular flexibility index (Phi) is 6.37. The summed E-state index contributed by atoms with van der Waals surface area (Å²) in [7, 11) is -7.15. The van der Waals surface area contributed by atoms with Crippen LogP contribution in [0.4, 0.5) is 0 Å². The first kappa shape index (κ1) is 20.4. The summed E-state index contributed by atoms with van der Waals surface area (Å²) in [6.07, 6.45) is 1.45. The summed E-state index contributed by atoms with van der Waals surface area (Å²) in [6.45, 7) is 0.350. The first-order chi connectivity index (χ1) is 11.5. The summed E-state index contributed by atoms with van der Waals surface area (Å²) < 4.78 is 49.9. The third-order valence-corrected chi connectivity index (χ3v) is 7.93. The van der Waals surface area contributed by atoms with Gasteiger partial charge in [-0.2, -0.15) is 0 Å². The lowest BCUT2D eigenvalue weighted by atomic mass is 10.4. The lowest BCUT2D eigenvalue weighted by Crippen LogP contribution is -2.34. The standard InChI is InChI=1S/C14H18Cl2N2O5S2/c1-24(20,21)10-6-8-18(9-10)13(19)5-7-17-25(22,23)14-11(15)3-2-4-12(14)16/h2-4,10,17H,5-9H2,1H3. The van der Waals surface area contributed by atoms with Crippen LogP contribution in [-0.4, -0.2) is 58.8 Å². The second-order valence-electron chi connectivity index (χ2n) is 5.78. The number of halogens is 2. The molecule has 1 saturated heterocycles. The third-order valence-electron chi connectivity index (χ3n) is 3.92. The molecule has 0 aromatic heterocycles. The maximum atomic E-state index is 12.3. The fraction of sp³-hybridized carbons (Fsp3) is 0.500. The van der Waals surface area contributed by atoms with E-state index in [1.165, 1.54) is 23.1 Å². The minimum Gasteiger partial charge on any atom is -0.341 e. The normalized spacial score (nSPS) is 18.5. The van der Waals surface area contributed by atoms with E-state index in [2.05, 4.69) is 4.72 Å². The van der Waals surface area contributed by atoms with Crippen molar-refractivity contribution in [2.45, 2.75) is 23.0 Å². The number of nitrogens with zero attached hydrogens (tertiary/aromatic N) is 1. The van der Waals surface area contributed by atoms with Crippen LogP contribution in [0.3, 0.4) is 0 Å². The predicted octanol–water partition coefficient (Wildman–Crippen LogP) is 1.31. The van der Waals surface area contributed by atoms with Gasteiger partial charge in [0, 0.05) is 32.3 Å². The van der Waals surface area contributed by atoms with Crippen LogP contribution in [0.25, 0.3) is 0 Å². The second-order valence-corrected chi connectivity index (χ2v) is 10.6. The largest absolute Gasteiger partial charge is 0.341 e. The fourth-order valence-corrected chi connectivity index (χ4v) is 5.72. The number of likely N-dealkylation sites (tertiary alicyclic amines) is 1. The van der Waals surface area contributed by atoms with Crippen LogP contribution < -0.4 is 4.72 Å². The van der Waals surface area contributed by atoms with E-state index in [0.29, 0.717) is 13.0 Å². The van der Waals surface area contributed by atoms with Crippen LogP contribution in [0.5, 0.6) is 0 Å². The number of carbonyl (C=O) groups is 1. The lowest BCUT2D eigenvalue weighted by molar-refractivity contribution is -0.129. The molecule has 1 aliphatic heterocycles. The first-order valence-electron chi connectivity index (χ1n) is 7.42. The van der Waals surface area contributed by atoms with E-state index in [-0.39, 0.29) is 40.4 Å². The lowest BCUT2D eigenvalue weighted by Gasteiger charge is -2.16. The molecule has 1 aromatic rings. The number of rotatable bonds is 6. The van der Waals surface area contributed by atoms with Crippen molar-refractivity contribution in [3.05, 3.63) is 28.2 Å². The van der Waals surface area contributed by atoms with E-state index in [9.17, 15) is 21.6 Å². The number of amides is 1. The van der Waals surface area contributed by atoms with Crippen LogP contribution in [0.1, 0.15) is 12.8 Å². The van der Waals surface area contributed by atoms with Gasteiger partial charge in [0.2, 0.25) is 15.9 Å². The molecule has 25 heavy (non-hydrogen) atoms. The van der Waals surface area contributed by atoms with E-state index in [4.69, 9.17) is 23.2 Å². The minimum atomic E-state index is -3.96. The van der Waals surface area contributed by atoms with Gasteiger partial charge in [-0.15, -0.1) is 0 Å². The number of benzene rings is 1. The van der Waals surface area contributed by atoms with Gasteiger partial charge in [-0.05, 0) is 18.6 Å². The van der Waals surface area contributed by atoms with Crippen molar-refractivity contribution in [1.82, 2.24) is 9.62 Å². The van der Waals surface area contributed by atoms with Crippen LogP contribution in [0, 0.1) is 0 Å². The molecule has 1 amide bonds. The van der Waals surface area contributed by atoms with Crippen LogP contribution >= 0.6 is 23.2 Å².